The lowest BCUT2D eigenvalue weighted by Crippen LogP contribution is -2.43. The van der Waals surface area contributed by atoms with Crippen molar-refractivity contribution in [1.29, 1.82) is 0 Å². The van der Waals surface area contributed by atoms with E-state index >= 15 is 0 Å². The van der Waals surface area contributed by atoms with Crippen molar-refractivity contribution in [2.75, 3.05) is 27.7 Å². The molecule has 5 nitrogen and oxygen atoms in total. The Labute approximate surface area is 217 Å². The third kappa shape index (κ3) is 27.1. The highest BCUT2D eigenvalue weighted by molar-refractivity contribution is 5.71. The lowest BCUT2D eigenvalue weighted by atomic mass is 10.1. The van der Waals surface area contributed by atoms with Crippen LogP contribution in [0.3, 0.4) is 0 Å². The molecule has 0 bridgehead atoms. The first kappa shape index (κ1) is 33.6. The van der Waals surface area contributed by atoms with Gasteiger partial charge in [-0.15, -0.1) is 0 Å². The van der Waals surface area contributed by atoms with Crippen molar-refractivity contribution in [2.45, 2.75) is 141 Å². The van der Waals surface area contributed by atoms with Crippen molar-refractivity contribution in [1.82, 2.24) is 0 Å². The third-order valence-corrected chi connectivity index (χ3v) is 6.34. The lowest BCUT2D eigenvalue weighted by Gasteiger charge is -2.28. The van der Waals surface area contributed by atoms with Crippen LogP contribution in [0.5, 0.6) is 0 Å². The second kappa shape index (κ2) is 23.1. The number of rotatable bonds is 25. The molecule has 0 rings (SSSR count). The number of carboxylic acid groups (broad SMARTS) is 1. The molecule has 1 atom stereocenters. The fourth-order valence-corrected chi connectivity index (χ4v) is 4.42. The summed E-state index contributed by atoms with van der Waals surface area (Å²) >= 11 is 0. The van der Waals surface area contributed by atoms with Crippen LogP contribution >= 0.6 is 0 Å². The SMILES string of the molecule is CCCCCCCCCCC/C=C/CCCCCCCCCC(=O)OC(CC(=O)O)C[N+](C)(C)C. The quantitative estimate of drug-likeness (QED) is 0.0600. The van der Waals surface area contributed by atoms with E-state index in [0.717, 1.165) is 19.3 Å². The smallest absolute Gasteiger partial charge is 0.307 e. The van der Waals surface area contributed by atoms with E-state index in [-0.39, 0.29) is 12.4 Å². The summed E-state index contributed by atoms with van der Waals surface area (Å²) in [6.07, 6.45) is 27.5. The van der Waals surface area contributed by atoms with Crippen LogP contribution in [0.4, 0.5) is 0 Å². The molecular formula is C30H58NO4+. The third-order valence-electron chi connectivity index (χ3n) is 6.34. The van der Waals surface area contributed by atoms with Gasteiger partial charge in [0.2, 0.25) is 0 Å². The predicted octanol–water partition coefficient (Wildman–Crippen LogP) is 8.07. The summed E-state index contributed by atoms with van der Waals surface area (Å²) in [7, 11) is 5.91. The maximum atomic E-state index is 12.1. The number of aliphatic carboxylic acids is 1. The molecule has 1 N–H and O–H groups in total. The summed E-state index contributed by atoms with van der Waals surface area (Å²) in [6.45, 7) is 2.78. The minimum Gasteiger partial charge on any atom is -0.481 e. The number of hydrogen-bond acceptors (Lipinski definition) is 3. The van der Waals surface area contributed by atoms with Gasteiger partial charge in [0.1, 0.15) is 6.54 Å². The fourth-order valence-electron chi connectivity index (χ4n) is 4.42. The molecule has 0 aromatic carbocycles. The maximum absolute atomic E-state index is 12.1. The Morgan fingerprint density at radius 3 is 1.57 bits per heavy atom. The van der Waals surface area contributed by atoms with Crippen LogP contribution in [0.15, 0.2) is 12.2 Å². The molecule has 0 fully saturated rings. The van der Waals surface area contributed by atoms with Gasteiger partial charge in [-0.25, -0.2) is 0 Å². The number of quaternary nitrogens is 1. The average molecular weight is 497 g/mol. The van der Waals surface area contributed by atoms with Gasteiger partial charge < -0.3 is 14.3 Å². The molecule has 0 aromatic heterocycles. The highest BCUT2D eigenvalue weighted by atomic mass is 16.5. The Bertz CT molecular complexity index is 539. The summed E-state index contributed by atoms with van der Waals surface area (Å²) < 4.78 is 6.01. The molecule has 0 aromatic rings. The van der Waals surface area contributed by atoms with Gasteiger partial charge in [0.15, 0.2) is 6.10 Å². The highest BCUT2D eigenvalue weighted by Gasteiger charge is 2.24. The first-order chi connectivity index (χ1) is 16.7. The van der Waals surface area contributed by atoms with E-state index in [1.807, 2.05) is 21.1 Å². The molecule has 0 saturated carbocycles. The number of carbonyl (C=O) groups is 2. The Balaban J connectivity index is 3.51. The summed E-state index contributed by atoms with van der Waals surface area (Å²) in [6, 6.07) is 0. The zero-order valence-electron chi connectivity index (χ0n) is 23.7. The van der Waals surface area contributed by atoms with Crippen molar-refractivity contribution in [2.24, 2.45) is 0 Å². The maximum Gasteiger partial charge on any atom is 0.307 e. The molecule has 0 amide bonds. The number of carboxylic acids is 1. The topological polar surface area (TPSA) is 63.6 Å². The van der Waals surface area contributed by atoms with Crippen LogP contribution in [0.1, 0.15) is 135 Å². The number of carbonyl (C=O) groups excluding carboxylic acids is 1. The monoisotopic (exact) mass is 496 g/mol. The Morgan fingerprint density at radius 2 is 1.14 bits per heavy atom. The Morgan fingerprint density at radius 1 is 0.714 bits per heavy atom. The summed E-state index contributed by atoms with van der Waals surface area (Å²) in [5.41, 5.74) is 0. The molecule has 1 unspecified atom stereocenters. The molecule has 5 heteroatoms. The second-order valence-electron chi connectivity index (χ2n) is 11.3. The van der Waals surface area contributed by atoms with E-state index in [1.165, 1.54) is 96.3 Å². The standard InChI is InChI=1S/C30H57NO4/c1-5-6-7-8-9-10-11-12-13-14-15-16-17-18-19-20-21-22-23-24-25-30(34)35-28(26-29(32)33)27-31(2,3)4/h15-16,28H,5-14,17-27H2,1-4H3/p+1/b16-15+. The Hall–Kier alpha value is -1.36. The minimum absolute atomic E-state index is 0.129. The second-order valence-corrected chi connectivity index (χ2v) is 11.3. The van der Waals surface area contributed by atoms with Crippen LogP contribution < -0.4 is 0 Å². The molecule has 0 aliphatic rings. The van der Waals surface area contributed by atoms with Gasteiger partial charge in [0.25, 0.3) is 0 Å². The van der Waals surface area contributed by atoms with Gasteiger partial charge in [0, 0.05) is 6.42 Å². The van der Waals surface area contributed by atoms with Crippen molar-refractivity contribution in [3.63, 3.8) is 0 Å². The largest absolute Gasteiger partial charge is 0.481 e. The number of nitrogens with zero attached hydrogens (tertiary/aromatic N) is 1. The Kier molecular flexibility index (Phi) is 22.2. The summed E-state index contributed by atoms with van der Waals surface area (Å²) in [5, 5.41) is 9.04. The number of esters is 1. The average Bonchev–Trinajstić information content (AvgIpc) is 2.76. The van der Waals surface area contributed by atoms with E-state index < -0.39 is 12.1 Å². The number of allylic oxidation sites excluding steroid dienone is 2. The molecule has 35 heavy (non-hydrogen) atoms. The van der Waals surface area contributed by atoms with E-state index in [2.05, 4.69) is 19.1 Å². The molecule has 0 aliphatic carbocycles. The van der Waals surface area contributed by atoms with Gasteiger partial charge in [-0.2, -0.15) is 0 Å². The van der Waals surface area contributed by atoms with Crippen LogP contribution in [0, 0.1) is 0 Å². The molecule has 206 valence electrons. The molecule has 0 heterocycles. The van der Waals surface area contributed by atoms with E-state index in [4.69, 9.17) is 9.84 Å². The fraction of sp³-hybridized carbons (Fsp3) is 0.867. The van der Waals surface area contributed by atoms with E-state index in [9.17, 15) is 9.59 Å². The molecule has 0 radical (unpaired) electrons. The van der Waals surface area contributed by atoms with Crippen LogP contribution in [-0.4, -0.2) is 55.3 Å². The van der Waals surface area contributed by atoms with Gasteiger partial charge in [-0.3, -0.25) is 9.59 Å². The molecule has 0 spiro atoms. The van der Waals surface area contributed by atoms with Gasteiger partial charge in [-0.1, -0.05) is 103 Å². The molecule has 0 saturated heterocycles. The number of hydrogen-bond donors (Lipinski definition) is 1. The van der Waals surface area contributed by atoms with Crippen molar-refractivity contribution < 1.29 is 23.9 Å². The lowest BCUT2D eigenvalue weighted by molar-refractivity contribution is -0.873. The minimum atomic E-state index is -0.925. The van der Waals surface area contributed by atoms with E-state index in [0.29, 0.717) is 17.4 Å². The van der Waals surface area contributed by atoms with E-state index in [1.54, 1.807) is 0 Å². The summed E-state index contributed by atoms with van der Waals surface area (Å²) in [4.78, 5) is 23.1. The highest BCUT2D eigenvalue weighted by Crippen LogP contribution is 2.13. The van der Waals surface area contributed by atoms with Crippen molar-refractivity contribution >= 4 is 11.9 Å². The number of likely N-dealkylation sites (N-methyl/N-ethyl adjacent to an activating group) is 1. The zero-order valence-corrected chi connectivity index (χ0v) is 23.7. The molecular weight excluding hydrogens is 438 g/mol. The number of ether oxygens (including phenoxy) is 1. The zero-order chi connectivity index (χ0) is 26.2. The van der Waals surface area contributed by atoms with Crippen LogP contribution in [0.2, 0.25) is 0 Å². The van der Waals surface area contributed by atoms with Crippen LogP contribution in [0.25, 0.3) is 0 Å². The van der Waals surface area contributed by atoms with Crippen LogP contribution in [-0.2, 0) is 14.3 Å². The van der Waals surface area contributed by atoms with Gasteiger partial charge in [0.05, 0.1) is 27.6 Å². The summed E-state index contributed by atoms with van der Waals surface area (Å²) in [5.74, 6) is -1.19. The van der Waals surface area contributed by atoms with Gasteiger partial charge in [-0.05, 0) is 32.1 Å². The number of unbranched alkanes of at least 4 members (excludes halogenated alkanes) is 16. The first-order valence-electron chi connectivity index (χ1n) is 14.6. The van der Waals surface area contributed by atoms with Crippen molar-refractivity contribution in [3.05, 3.63) is 12.2 Å². The predicted molar refractivity (Wildman–Crippen MR) is 148 cm³/mol. The first-order valence-corrected chi connectivity index (χ1v) is 14.6. The van der Waals surface area contributed by atoms with Gasteiger partial charge >= 0.3 is 11.9 Å². The van der Waals surface area contributed by atoms with Crippen molar-refractivity contribution in [3.8, 4) is 0 Å². The normalized spacial score (nSPS) is 12.8. The molecule has 0 aliphatic heterocycles.